The number of ether oxygens (including phenoxy) is 1. The molecule has 1 atom stereocenters. The molecule has 0 unspecified atom stereocenters. The SMILES string of the molecule is COc1ccc(C[C@H](C(=O)O)N2CCCCC2)cc1Cl. The van der Waals surface area contributed by atoms with E-state index in [0.717, 1.165) is 31.5 Å². The average Bonchev–Trinajstić information content (AvgIpc) is 2.45. The maximum Gasteiger partial charge on any atom is 0.321 e. The molecule has 20 heavy (non-hydrogen) atoms. The molecule has 0 aromatic heterocycles. The molecule has 0 saturated carbocycles. The zero-order chi connectivity index (χ0) is 14.5. The molecular formula is C15H20ClNO3. The van der Waals surface area contributed by atoms with Crippen LogP contribution in [-0.2, 0) is 11.2 Å². The lowest BCUT2D eigenvalue weighted by Gasteiger charge is -2.32. The number of carboxylic acids is 1. The first kappa shape index (κ1) is 15.1. The summed E-state index contributed by atoms with van der Waals surface area (Å²) in [7, 11) is 1.56. The highest BCUT2D eigenvalue weighted by Gasteiger charge is 2.27. The van der Waals surface area contributed by atoms with E-state index in [1.165, 1.54) is 6.42 Å². The molecular weight excluding hydrogens is 278 g/mol. The highest BCUT2D eigenvalue weighted by molar-refractivity contribution is 6.32. The van der Waals surface area contributed by atoms with Crippen LogP contribution < -0.4 is 4.74 Å². The summed E-state index contributed by atoms with van der Waals surface area (Å²) in [6, 6.07) is 4.98. The molecule has 1 aliphatic rings. The maximum atomic E-state index is 11.5. The van der Waals surface area contributed by atoms with Crippen molar-refractivity contribution in [1.29, 1.82) is 0 Å². The number of halogens is 1. The Labute approximate surface area is 124 Å². The molecule has 1 heterocycles. The van der Waals surface area contributed by atoms with Crippen molar-refractivity contribution < 1.29 is 14.6 Å². The summed E-state index contributed by atoms with van der Waals surface area (Å²) >= 11 is 6.09. The van der Waals surface area contributed by atoms with Gasteiger partial charge in [-0.05, 0) is 50.0 Å². The van der Waals surface area contributed by atoms with Crippen molar-refractivity contribution in [3.05, 3.63) is 28.8 Å². The summed E-state index contributed by atoms with van der Waals surface area (Å²) in [5.74, 6) is -0.154. The van der Waals surface area contributed by atoms with Crippen molar-refractivity contribution in [1.82, 2.24) is 4.90 Å². The van der Waals surface area contributed by atoms with Gasteiger partial charge in [-0.25, -0.2) is 0 Å². The minimum atomic E-state index is -0.765. The number of hydrogen-bond donors (Lipinski definition) is 1. The van der Waals surface area contributed by atoms with Crippen molar-refractivity contribution in [3.63, 3.8) is 0 Å². The number of hydrogen-bond acceptors (Lipinski definition) is 3. The first-order valence-corrected chi connectivity index (χ1v) is 7.29. The molecule has 0 amide bonds. The fraction of sp³-hybridized carbons (Fsp3) is 0.533. The van der Waals surface area contributed by atoms with E-state index in [1.54, 1.807) is 19.2 Å². The van der Waals surface area contributed by atoms with E-state index in [1.807, 2.05) is 6.07 Å². The van der Waals surface area contributed by atoms with Gasteiger partial charge < -0.3 is 9.84 Å². The highest BCUT2D eigenvalue weighted by atomic mass is 35.5. The third-order valence-electron chi connectivity index (χ3n) is 3.76. The van der Waals surface area contributed by atoms with Crippen molar-refractivity contribution in [2.75, 3.05) is 20.2 Å². The molecule has 1 fully saturated rings. The number of piperidine rings is 1. The molecule has 1 N–H and O–H groups in total. The molecule has 0 spiro atoms. The number of carbonyl (C=O) groups is 1. The summed E-state index contributed by atoms with van der Waals surface area (Å²) in [5, 5.41) is 9.98. The molecule has 0 bridgehead atoms. The third-order valence-corrected chi connectivity index (χ3v) is 4.06. The van der Waals surface area contributed by atoms with Crippen molar-refractivity contribution >= 4 is 17.6 Å². The first-order chi connectivity index (χ1) is 9.61. The fourth-order valence-corrected chi connectivity index (χ4v) is 2.94. The van der Waals surface area contributed by atoms with Crippen LogP contribution in [0.5, 0.6) is 5.75 Å². The Bertz CT molecular complexity index is 472. The number of carboxylic acid groups (broad SMARTS) is 1. The number of methoxy groups -OCH3 is 1. The zero-order valence-electron chi connectivity index (χ0n) is 11.6. The minimum absolute atomic E-state index is 0.471. The van der Waals surface area contributed by atoms with Gasteiger partial charge in [0.2, 0.25) is 0 Å². The Kier molecular flexibility index (Phi) is 5.26. The summed E-state index contributed by atoms with van der Waals surface area (Å²) in [6.07, 6.45) is 3.82. The lowest BCUT2D eigenvalue weighted by atomic mass is 10.0. The Hall–Kier alpha value is -1.26. The molecule has 4 nitrogen and oxygen atoms in total. The van der Waals surface area contributed by atoms with E-state index >= 15 is 0 Å². The van der Waals surface area contributed by atoms with Gasteiger partial charge in [0.25, 0.3) is 0 Å². The zero-order valence-corrected chi connectivity index (χ0v) is 12.4. The van der Waals surface area contributed by atoms with E-state index < -0.39 is 12.0 Å². The van der Waals surface area contributed by atoms with E-state index in [4.69, 9.17) is 16.3 Å². The lowest BCUT2D eigenvalue weighted by molar-refractivity contribution is -0.143. The van der Waals surface area contributed by atoms with Gasteiger partial charge in [0.15, 0.2) is 0 Å². The largest absolute Gasteiger partial charge is 0.495 e. The summed E-state index contributed by atoms with van der Waals surface area (Å²) < 4.78 is 5.11. The summed E-state index contributed by atoms with van der Waals surface area (Å²) in [6.45, 7) is 1.72. The van der Waals surface area contributed by atoms with Crippen LogP contribution in [0.15, 0.2) is 18.2 Å². The molecule has 5 heteroatoms. The van der Waals surface area contributed by atoms with Gasteiger partial charge in [-0.3, -0.25) is 9.69 Å². The van der Waals surface area contributed by atoms with Crippen molar-refractivity contribution in [2.24, 2.45) is 0 Å². The second-order valence-corrected chi connectivity index (χ2v) is 5.53. The van der Waals surface area contributed by atoms with E-state index in [9.17, 15) is 9.90 Å². The van der Waals surface area contributed by atoms with Crippen LogP contribution in [0.1, 0.15) is 24.8 Å². The van der Waals surface area contributed by atoms with Gasteiger partial charge in [0.05, 0.1) is 12.1 Å². The Morgan fingerprint density at radius 2 is 2.10 bits per heavy atom. The molecule has 1 aromatic rings. The van der Waals surface area contributed by atoms with Crippen LogP contribution in [0.4, 0.5) is 0 Å². The van der Waals surface area contributed by atoms with Crippen LogP contribution in [0.3, 0.4) is 0 Å². The number of rotatable bonds is 5. The topological polar surface area (TPSA) is 49.8 Å². The third kappa shape index (κ3) is 3.64. The van der Waals surface area contributed by atoms with Gasteiger partial charge in [0, 0.05) is 0 Å². The molecule has 1 saturated heterocycles. The fourth-order valence-electron chi connectivity index (χ4n) is 2.66. The molecule has 1 aliphatic heterocycles. The quantitative estimate of drug-likeness (QED) is 0.908. The van der Waals surface area contributed by atoms with Gasteiger partial charge >= 0.3 is 5.97 Å². The van der Waals surface area contributed by atoms with Crippen LogP contribution in [0.25, 0.3) is 0 Å². The molecule has 110 valence electrons. The van der Waals surface area contributed by atoms with E-state index in [0.29, 0.717) is 17.2 Å². The second kappa shape index (κ2) is 6.95. The maximum absolute atomic E-state index is 11.5. The predicted molar refractivity (Wildman–Crippen MR) is 78.6 cm³/mol. The van der Waals surface area contributed by atoms with Gasteiger partial charge in [-0.1, -0.05) is 24.1 Å². The van der Waals surface area contributed by atoms with Crippen molar-refractivity contribution in [3.8, 4) is 5.75 Å². The van der Waals surface area contributed by atoms with Crippen LogP contribution >= 0.6 is 11.6 Å². The monoisotopic (exact) mass is 297 g/mol. The highest BCUT2D eigenvalue weighted by Crippen LogP contribution is 2.26. The van der Waals surface area contributed by atoms with Gasteiger partial charge in [-0.15, -0.1) is 0 Å². The van der Waals surface area contributed by atoms with Crippen LogP contribution in [-0.4, -0.2) is 42.2 Å². The minimum Gasteiger partial charge on any atom is -0.495 e. The smallest absolute Gasteiger partial charge is 0.321 e. The number of benzene rings is 1. The van der Waals surface area contributed by atoms with Crippen molar-refractivity contribution in [2.45, 2.75) is 31.7 Å². The number of likely N-dealkylation sites (tertiary alicyclic amines) is 1. The second-order valence-electron chi connectivity index (χ2n) is 5.12. The Balaban J connectivity index is 2.11. The predicted octanol–water partition coefficient (Wildman–Crippen LogP) is 2.83. The average molecular weight is 298 g/mol. The summed E-state index contributed by atoms with van der Waals surface area (Å²) in [4.78, 5) is 13.6. The number of nitrogens with zero attached hydrogens (tertiary/aromatic N) is 1. The normalized spacial score (nSPS) is 17.7. The first-order valence-electron chi connectivity index (χ1n) is 6.91. The molecule has 0 aliphatic carbocycles. The summed E-state index contributed by atoms with van der Waals surface area (Å²) in [5.41, 5.74) is 0.925. The van der Waals surface area contributed by atoms with E-state index in [-0.39, 0.29) is 0 Å². The standard InChI is InChI=1S/C15H20ClNO3/c1-20-14-6-5-11(9-12(14)16)10-13(15(18)19)17-7-3-2-4-8-17/h5-6,9,13H,2-4,7-8,10H2,1H3,(H,18,19)/t13-/m1/s1. The lowest BCUT2D eigenvalue weighted by Crippen LogP contribution is -2.45. The number of aliphatic carboxylic acids is 1. The van der Waals surface area contributed by atoms with Crippen LogP contribution in [0, 0.1) is 0 Å². The molecule has 2 rings (SSSR count). The van der Waals surface area contributed by atoms with E-state index in [2.05, 4.69) is 4.90 Å². The molecule has 0 radical (unpaired) electrons. The van der Waals surface area contributed by atoms with Gasteiger partial charge in [-0.2, -0.15) is 0 Å². The Morgan fingerprint density at radius 1 is 1.40 bits per heavy atom. The van der Waals surface area contributed by atoms with Gasteiger partial charge in [0.1, 0.15) is 11.8 Å². The molecule has 1 aromatic carbocycles. The van der Waals surface area contributed by atoms with Crippen LogP contribution in [0.2, 0.25) is 5.02 Å². The Morgan fingerprint density at radius 3 is 2.65 bits per heavy atom.